The van der Waals surface area contributed by atoms with Crippen molar-refractivity contribution in [2.75, 3.05) is 0 Å². The Morgan fingerprint density at radius 2 is 2.00 bits per heavy atom. The molecule has 2 unspecified atom stereocenters. The van der Waals surface area contributed by atoms with Crippen molar-refractivity contribution < 1.29 is 19.8 Å². The van der Waals surface area contributed by atoms with E-state index in [1.54, 1.807) is 0 Å². The second kappa shape index (κ2) is 5.32. The van der Waals surface area contributed by atoms with Crippen LogP contribution in [-0.4, -0.2) is 22.2 Å². The second-order valence-corrected chi connectivity index (χ2v) is 4.70. The zero-order valence-corrected chi connectivity index (χ0v) is 9.74. The number of hydrogen-bond acceptors (Lipinski definition) is 2. The topological polar surface area (TPSA) is 74.6 Å². The van der Waals surface area contributed by atoms with Gasteiger partial charge in [-0.1, -0.05) is 32.6 Å². The Balaban J connectivity index is 2.93. The van der Waals surface area contributed by atoms with E-state index >= 15 is 0 Å². The number of carboxylic acids is 2. The maximum absolute atomic E-state index is 11.4. The monoisotopic (exact) mass is 228 g/mol. The zero-order valence-electron chi connectivity index (χ0n) is 9.74. The standard InChI is InChI=1S/C12H20O4/c1-2-3-7-12(11(15)16)8-5-4-6-9(12)10(13)14/h9H,2-8H2,1H3,(H,13,14)(H,15,16). The predicted octanol–water partition coefficient (Wildman–Crippen LogP) is 2.52. The van der Waals surface area contributed by atoms with E-state index in [-0.39, 0.29) is 0 Å². The van der Waals surface area contributed by atoms with Crippen LogP contribution in [0.25, 0.3) is 0 Å². The van der Waals surface area contributed by atoms with Gasteiger partial charge in [0.05, 0.1) is 11.3 Å². The van der Waals surface area contributed by atoms with E-state index in [4.69, 9.17) is 5.11 Å². The number of rotatable bonds is 5. The van der Waals surface area contributed by atoms with Gasteiger partial charge >= 0.3 is 11.9 Å². The van der Waals surface area contributed by atoms with Gasteiger partial charge in [0.2, 0.25) is 0 Å². The summed E-state index contributed by atoms with van der Waals surface area (Å²) in [7, 11) is 0. The third-order valence-electron chi connectivity index (χ3n) is 3.73. The first kappa shape index (κ1) is 13.0. The van der Waals surface area contributed by atoms with Gasteiger partial charge in [-0.05, 0) is 19.3 Å². The summed E-state index contributed by atoms with van der Waals surface area (Å²) in [6.45, 7) is 1.99. The number of aliphatic carboxylic acids is 2. The SMILES string of the molecule is CCCCC1(C(=O)O)CCCCC1C(=O)O. The van der Waals surface area contributed by atoms with Crippen LogP contribution in [0.3, 0.4) is 0 Å². The van der Waals surface area contributed by atoms with E-state index in [1.165, 1.54) is 0 Å². The molecule has 92 valence electrons. The summed E-state index contributed by atoms with van der Waals surface area (Å²) in [4.78, 5) is 22.6. The van der Waals surface area contributed by atoms with E-state index < -0.39 is 23.3 Å². The van der Waals surface area contributed by atoms with Gasteiger partial charge in [-0.3, -0.25) is 9.59 Å². The molecule has 0 heterocycles. The van der Waals surface area contributed by atoms with Crippen molar-refractivity contribution in [2.24, 2.45) is 11.3 Å². The van der Waals surface area contributed by atoms with E-state index in [9.17, 15) is 14.7 Å². The summed E-state index contributed by atoms with van der Waals surface area (Å²) in [5, 5.41) is 18.5. The Bertz CT molecular complexity index is 274. The summed E-state index contributed by atoms with van der Waals surface area (Å²) >= 11 is 0. The van der Waals surface area contributed by atoms with E-state index in [0.29, 0.717) is 19.3 Å². The van der Waals surface area contributed by atoms with Crippen LogP contribution in [0.1, 0.15) is 51.9 Å². The fraction of sp³-hybridized carbons (Fsp3) is 0.833. The minimum absolute atomic E-state index is 0.496. The smallest absolute Gasteiger partial charge is 0.310 e. The second-order valence-electron chi connectivity index (χ2n) is 4.70. The molecule has 1 saturated carbocycles. The van der Waals surface area contributed by atoms with Crippen LogP contribution >= 0.6 is 0 Å². The van der Waals surface area contributed by atoms with Crippen LogP contribution in [-0.2, 0) is 9.59 Å². The maximum Gasteiger partial charge on any atom is 0.310 e. The van der Waals surface area contributed by atoms with Gasteiger partial charge in [-0.25, -0.2) is 0 Å². The molecule has 1 fully saturated rings. The molecule has 1 rings (SSSR count). The molecular formula is C12H20O4. The molecular weight excluding hydrogens is 208 g/mol. The molecule has 0 amide bonds. The van der Waals surface area contributed by atoms with Crippen molar-refractivity contribution in [1.29, 1.82) is 0 Å². The van der Waals surface area contributed by atoms with Crippen LogP contribution in [0.5, 0.6) is 0 Å². The molecule has 0 aliphatic heterocycles. The summed E-state index contributed by atoms with van der Waals surface area (Å²) in [6, 6.07) is 0. The largest absolute Gasteiger partial charge is 0.481 e. The highest BCUT2D eigenvalue weighted by Gasteiger charge is 2.49. The summed E-state index contributed by atoms with van der Waals surface area (Å²) in [6.07, 6.45) is 4.87. The Hall–Kier alpha value is -1.06. The molecule has 16 heavy (non-hydrogen) atoms. The minimum atomic E-state index is -1.01. The fourth-order valence-electron chi connectivity index (χ4n) is 2.75. The average molecular weight is 228 g/mol. The molecule has 0 radical (unpaired) electrons. The Morgan fingerprint density at radius 3 is 2.50 bits per heavy atom. The van der Waals surface area contributed by atoms with Gasteiger partial charge in [0.1, 0.15) is 0 Å². The van der Waals surface area contributed by atoms with Crippen LogP contribution in [0.15, 0.2) is 0 Å². The molecule has 4 heteroatoms. The van der Waals surface area contributed by atoms with Crippen molar-refractivity contribution >= 4 is 11.9 Å². The lowest BCUT2D eigenvalue weighted by molar-refractivity contribution is -0.166. The van der Waals surface area contributed by atoms with Crippen molar-refractivity contribution in [3.63, 3.8) is 0 Å². The van der Waals surface area contributed by atoms with Crippen molar-refractivity contribution in [3.05, 3.63) is 0 Å². The Labute approximate surface area is 95.7 Å². The lowest BCUT2D eigenvalue weighted by Crippen LogP contribution is -2.44. The number of unbranched alkanes of at least 4 members (excludes halogenated alkanes) is 1. The summed E-state index contributed by atoms with van der Waals surface area (Å²) < 4.78 is 0. The molecule has 1 aliphatic carbocycles. The molecule has 2 atom stereocenters. The maximum atomic E-state index is 11.4. The highest BCUT2D eigenvalue weighted by atomic mass is 16.4. The normalized spacial score (nSPS) is 29.9. The molecule has 0 aromatic rings. The highest BCUT2D eigenvalue weighted by Crippen LogP contribution is 2.45. The van der Waals surface area contributed by atoms with Crippen molar-refractivity contribution in [2.45, 2.75) is 51.9 Å². The minimum Gasteiger partial charge on any atom is -0.481 e. The molecule has 0 saturated heterocycles. The van der Waals surface area contributed by atoms with Gasteiger partial charge in [0.25, 0.3) is 0 Å². The Morgan fingerprint density at radius 1 is 1.31 bits per heavy atom. The first-order chi connectivity index (χ1) is 7.54. The summed E-state index contributed by atoms with van der Waals surface area (Å²) in [5.74, 6) is -2.57. The fourth-order valence-corrected chi connectivity index (χ4v) is 2.75. The third kappa shape index (κ3) is 2.36. The predicted molar refractivity (Wildman–Crippen MR) is 59.2 cm³/mol. The molecule has 4 nitrogen and oxygen atoms in total. The van der Waals surface area contributed by atoms with Crippen LogP contribution < -0.4 is 0 Å². The molecule has 0 aromatic heterocycles. The number of carboxylic acid groups (broad SMARTS) is 2. The van der Waals surface area contributed by atoms with Gasteiger partial charge in [0.15, 0.2) is 0 Å². The average Bonchev–Trinajstić information content (AvgIpc) is 2.26. The molecule has 1 aliphatic rings. The highest BCUT2D eigenvalue weighted by molar-refractivity contribution is 5.83. The third-order valence-corrected chi connectivity index (χ3v) is 3.73. The zero-order chi connectivity index (χ0) is 12.2. The van der Waals surface area contributed by atoms with E-state index in [1.807, 2.05) is 6.92 Å². The molecule has 0 spiro atoms. The van der Waals surface area contributed by atoms with E-state index in [0.717, 1.165) is 25.7 Å². The lowest BCUT2D eigenvalue weighted by Gasteiger charge is -2.38. The van der Waals surface area contributed by atoms with Gasteiger partial charge in [0, 0.05) is 0 Å². The van der Waals surface area contributed by atoms with Crippen LogP contribution in [0.2, 0.25) is 0 Å². The molecule has 0 bridgehead atoms. The van der Waals surface area contributed by atoms with Crippen molar-refractivity contribution in [1.82, 2.24) is 0 Å². The Kier molecular flexibility index (Phi) is 4.33. The molecule has 0 aromatic carbocycles. The van der Waals surface area contributed by atoms with Crippen LogP contribution in [0, 0.1) is 11.3 Å². The van der Waals surface area contributed by atoms with E-state index in [2.05, 4.69) is 0 Å². The van der Waals surface area contributed by atoms with Gasteiger partial charge in [-0.2, -0.15) is 0 Å². The quantitative estimate of drug-likeness (QED) is 0.758. The number of carbonyl (C=O) groups is 2. The van der Waals surface area contributed by atoms with Gasteiger partial charge < -0.3 is 10.2 Å². The number of hydrogen-bond donors (Lipinski definition) is 2. The summed E-state index contributed by atoms with van der Waals surface area (Å²) in [5.41, 5.74) is -1.01. The first-order valence-electron chi connectivity index (χ1n) is 6.01. The molecule has 2 N–H and O–H groups in total. The first-order valence-corrected chi connectivity index (χ1v) is 6.01. The lowest BCUT2D eigenvalue weighted by atomic mass is 9.63. The van der Waals surface area contributed by atoms with Crippen LogP contribution in [0.4, 0.5) is 0 Å². The van der Waals surface area contributed by atoms with Gasteiger partial charge in [-0.15, -0.1) is 0 Å². The van der Waals surface area contributed by atoms with Crippen molar-refractivity contribution in [3.8, 4) is 0 Å².